The van der Waals surface area contributed by atoms with E-state index in [1.807, 2.05) is 0 Å². The average Bonchev–Trinajstić information content (AvgIpc) is 3.60. The van der Waals surface area contributed by atoms with Gasteiger partial charge in [-0.15, -0.1) is 0 Å². The highest BCUT2D eigenvalue weighted by Crippen LogP contribution is 2.45. The van der Waals surface area contributed by atoms with Gasteiger partial charge in [0.2, 0.25) is 5.69 Å². The van der Waals surface area contributed by atoms with Crippen LogP contribution in [0.15, 0.2) is 42.6 Å². The maximum absolute atomic E-state index is 8.93. The van der Waals surface area contributed by atoms with Crippen LogP contribution >= 0.6 is 0 Å². The smallest absolute Gasteiger partial charge is 0.200 e. The molecule has 6 rings (SSSR count). The van der Waals surface area contributed by atoms with E-state index >= 15 is 0 Å². The standard InChI is InChI=1S/C35H46N/c1-24-32(27-11-7-8-12-27)22-30(25-9-5-6-10-25)23-33(24)34-31-14-13-28(21-29(31)17-20-36(34)4)26-15-18-35(2,3)19-16-26/h13-14,17,20-23,25-27H,5-12,15-16,18-19H2,1-4H3/q+1/i20D. The Morgan fingerprint density at radius 2 is 1.42 bits per heavy atom. The fraction of sp³-hybridized carbons (Fsp3) is 0.571. The zero-order valence-corrected chi connectivity index (χ0v) is 23.1. The number of hydrogen-bond acceptors (Lipinski definition) is 0. The third-order valence-corrected chi connectivity index (χ3v) is 10.2. The molecule has 3 fully saturated rings. The lowest BCUT2D eigenvalue weighted by atomic mass is 9.71. The molecule has 1 heterocycles. The van der Waals surface area contributed by atoms with Crippen LogP contribution in [-0.4, -0.2) is 0 Å². The second kappa shape index (κ2) is 9.62. The van der Waals surface area contributed by atoms with Crippen molar-refractivity contribution in [1.29, 1.82) is 0 Å². The summed E-state index contributed by atoms with van der Waals surface area (Å²) < 4.78 is 11.1. The maximum Gasteiger partial charge on any atom is 0.220 e. The van der Waals surface area contributed by atoms with Gasteiger partial charge < -0.3 is 0 Å². The summed E-state index contributed by atoms with van der Waals surface area (Å²) in [7, 11) is 2.10. The molecule has 3 aliphatic rings. The van der Waals surface area contributed by atoms with Gasteiger partial charge in [-0.1, -0.05) is 57.7 Å². The molecule has 0 saturated heterocycles. The molecule has 3 aliphatic carbocycles. The number of fused-ring (bicyclic) bond motifs is 1. The van der Waals surface area contributed by atoms with Crippen molar-refractivity contribution in [3.05, 3.63) is 64.8 Å². The van der Waals surface area contributed by atoms with Crippen LogP contribution in [0.25, 0.3) is 22.0 Å². The van der Waals surface area contributed by atoms with Crippen molar-refractivity contribution >= 4 is 10.8 Å². The first-order chi connectivity index (χ1) is 17.8. The predicted octanol–water partition coefficient (Wildman–Crippen LogP) is 9.64. The van der Waals surface area contributed by atoms with Gasteiger partial charge in [-0.3, -0.25) is 0 Å². The first-order valence-corrected chi connectivity index (χ1v) is 14.9. The minimum atomic E-state index is 0.488. The molecule has 0 amide bonds. The van der Waals surface area contributed by atoms with E-state index in [0.717, 1.165) is 0 Å². The molecular weight excluding hydrogens is 434 g/mol. The summed E-state index contributed by atoms with van der Waals surface area (Å²) in [5.74, 6) is 2.07. The molecule has 0 aliphatic heterocycles. The molecule has 2 aromatic carbocycles. The maximum atomic E-state index is 8.93. The van der Waals surface area contributed by atoms with Gasteiger partial charge in [0, 0.05) is 6.07 Å². The first-order valence-electron chi connectivity index (χ1n) is 15.4. The van der Waals surface area contributed by atoms with Gasteiger partial charge in [0.1, 0.15) is 8.42 Å². The number of aromatic nitrogens is 1. The number of hydrogen-bond donors (Lipinski definition) is 0. The molecule has 0 radical (unpaired) electrons. The number of pyridine rings is 1. The van der Waals surface area contributed by atoms with Crippen LogP contribution in [0.5, 0.6) is 0 Å². The number of nitrogens with zero attached hydrogens (tertiary/aromatic N) is 1. The fourth-order valence-electron chi connectivity index (χ4n) is 7.80. The van der Waals surface area contributed by atoms with E-state index in [9.17, 15) is 0 Å². The molecule has 190 valence electrons. The van der Waals surface area contributed by atoms with Gasteiger partial charge in [-0.2, -0.15) is 0 Å². The Balaban J connectivity index is 1.49. The summed E-state index contributed by atoms with van der Waals surface area (Å²) >= 11 is 0. The van der Waals surface area contributed by atoms with Crippen molar-refractivity contribution in [2.75, 3.05) is 0 Å². The minimum Gasteiger partial charge on any atom is -0.200 e. The van der Waals surface area contributed by atoms with Gasteiger partial charge in [-0.05, 0) is 121 Å². The predicted molar refractivity (Wildman–Crippen MR) is 153 cm³/mol. The van der Waals surface area contributed by atoms with Gasteiger partial charge in [0.05, 0.1) is 10.9 Å². The Kier molecular flexibility index (Phi) is 6.15. The zero-order chi connectivity index (χ0) is 25.7. The van der Waals surface area contributed by atoms with E-state index in [1.165, 1.54) is 110 Å². The molecule has 3 saturated carbocycles. The van der Waals surface area contributed by atoms with Crippen LogP contribution in [0.3, 0.4) is 0 Å². The fourth-order valence-corrected chi connectivity index (χ4v) is 7.80. The van der Waals surface area contributed by atoms with Gasteiger partial charge in [0.25, 0.3) is 0 Å². The van der Waals surface area contributed by atoms with Crippen LogP contribution in [0, 0.1) is 12.3 Å². The molecule has 1 heteroatoms. The highest BCUT2D eigenvalue weighted by atomic mass is 14.9. The molecule has 0 unspecified atom stereocenters. The Morgan fingerprint density at radius 3 is 2.11 bits per heavy atom. The van der Waals surface area contributed by atoms with Crippen LogP contribution in [0.1, 0.15) is 132 Å². The van der Waals surface area contributed by atoms with E-state index in [0.29, 0.717) is 29.3 Å². The second-order valence-corrected chi connectivity index (χ2v) is 13.2. The van der Waals surface area contributed by atoms with Gasteiger partial charge >= 0.3 is 0 Å². The SMILES string of the molecule is [2H]c1cc2cc(C3CCC(C)(C)CC3)ccc2c(-c2cc(C3CCCC3)cc(C3CCCC3)c2C)[n+]1C. The molecule has 36 heavy (non-hydrogen) atoms. The summed E-state index contributed by atoms with van der Waals surface area (Å²) in [5, 5.41) is 2.55. The number of rotatable bonds is 4. The normalized spacial score (nSPS) is 21.9. The van der Waals surface area contributed by atoms with Crippen molar-refractivity contribution in [3.8, 4) is 11.3 Å². The molecule has 0 N–H and O–H groups in total. The summed E-state index contributed by atoms with van der Waals surface area (Å²) in [6, 6.07) is 14.4. The third kappa shape index (κ3) is 4.52. The highest BCUT2D eigenvalue weighted by molar-refractivity contribution is 5.94. The Labute approximate surface area is 220 Å². The third-order valence-electron chi connectivity index (χ3n) is 10.2. The molecule has 0 atom stereocenters. The first kappa shape index (κ1) is 23.0. The molecule has 0 spiro atoms. The van der Waals surface area contributed by atoms with Crippen molar-refractivity contribution in [2.45, 2.75) is 116 Å². The molecule has 1 nitrogen and oxygen atoms in total. The highest BCUT2D eigenvalue weighted by Gasteiger charge is 2.29. The van der Waals surface area contributed by atoms with Crippen LogP contribution in [0.4, 0.5) is 0 Å². The van der Waals surface area contributed by atoms with Gasteiger partial charge in [0.15, 0.2) is 6.17 Å². The molecule has 0 bridgehead atoms. The van der Waals surface area contributed by atoms with Crippen molar-refractivity contribution < 1.29 is 5.94 Å². The minimum absolute atomic E-state index is 0.488. The van der Waals surface area contributed by atoms with Crippen LogP contribution in [-0.2, 0) is 7.05 Å². The lowest BCUT2D eigenvalue weighted by Gasteiger charge is -2.34. The molecular formula is C35H46N+. The van der Waals surface area contributed by atoms with E-state index in [2.05, 4.69) is 68.8 Å². The summed E-state index contributed by atoms with van der Waals surface area (Å²) in [4.78, 5) is 0. The molecule has 1 aromatic heterocycles. The lowest BCUT2D eigenvalue weighted by Crippen LogP contribution is -2.31. The van der Waals surface area contributed by atoms with E-state index < -0.39 is 0 Å². The summed E-state index contributed by atoms with van der Waals surface area (Å²) in [6.07, 6.45) is 16.6. The summed E-state index contributed by atoms with van der Waals surface area (Å²) in [5.41, 5.74) is 9.20. The van der Waals surface area contributed by atoms with Crippen LogP contribution in [0.2, 0.25) is 0 Å². The lowest BCUT2D eigenvalue weighted by molar-refractivity contribution is -0.659. The van der Waals surface area contributed by atoms with Crippen molar-refractivity contribution in [3.63, 3.8) is 0 Å². The Hall–Kier alpha value is -2.15. The second-order valence-electron chi connectivity index (χ2n) is 13.2. The van der Waals surface area contributed by atoms with Crippen molar-refractivity contribution in [1.82, 2.24) is 0 Å². The average molecular weight is 482 g/mol. The summed E-state index contributed by atoms with van der Waals surface area (Å²) in [6.45, 7) is 7.20. The Morgan fingerprint density at radius 1 is 0.778 bits per heavy atom. The largest absolute Gasteiger partial charge is 0.220 e. The zero-order valence-electron chi connectivity index (χ0n) is 24.1. The number of benzene rings is 2. The van der Waals surface area contributed by atoms with Crippen molar-refractivity contribution in [2.24, 2.45) is 12.5 Å². The van der Waals surface area contributed by atoms with Gasteiger partial charge in [-0.25, -0.2) is 4.57 Å². The van der Waals surface area contributed by atoms with E-state index in [1.54, 1.807) is 11.1 Å². The quantitative estimate of drug-likeness (QED) is 0.327. The van der Waals surface area contributed by atoms with Crippen LogP contribution < -0.4 is 4.57 Å². The topological polar surface area (TPSA) is 3.88 Å². The monoisotopic (exact) mass is 481 g/mol. The van der Waals surface area contributed by atoms with E-state index in [4.69, 9.17) is 1.37 Å². The Bertz CT molecular complexity index is 1300. The molecule has 3 aromatic rings. The van der Waals surface area contributed by atoms with E-state index in [-0.39, 0.29) is 0 Å².